The summed E-state index contributed by atoms with van der Waals surface area (Å²) in [5.74, 6) is -0.726. The highest BCUT2D eigenvalue weighted by atomic mass is 79.9. The van der Waals surface area contributed by atoms with E-state index in [4.69, 9.17) is 0 Å². The predicted octanol–water partition coefficient (Wildman–Crippen LogP) is 5.48. The van der Waals surface area contributed by atoms with Crippen molar-refractivity contribution in [3.05, 3.63) is 105 Å². The van der Waals surface area contributed by atoms with Crippen molar-refractivity contribution in [3.8, 4) is 0 Å². The van der Waals surface area contributed by atoms with Crippen molar-refractivity contribution in [3.63, 3.8) is 0 Å². The predicted molar refractivity (Wildman–Crippen MR) is 121 cm³/mol. The first-order valence-corrected chi connectivity index (χ1v) is 9.93. The van der Waals surface area contributed by atoms with Gasteiger partial charge in [0, 0.05) is 15.7 Å². The van der Waals surface area contributed by atoms with Crippen LogP contribution < -0.4 is 10.6 Å². The Morgan fingerprint density at radius 2 is 1.52 bits per heavy atom. The smallest absolute Gasteiger partial charge is 0.272 e. The maximum Gasteiger partial charge on any atom is 0.272 e. The number of nitrogens with one attached hydrogen (secondary N) is 2. The van der Waals surface area contributed by atoms with E-state index < -0.39 is 0 Å². The highest BCUT2D eigenvalue weighted by molar-refractivity contribution is 9.10. The van der Waals surface area contributed by atoms with Crippen LogP contribution in [0.5, 0.6) is 0 Å². The lowest BCUT2D eigenvalue weighted by atomic mass is 10.1. The Morgan fingerprint density at radius 3 is 2.17 bits per heavy atom. The molecule has 0 radical (unpaired) electrons. The third-order valence-electron chi connectivity index (χ3n) is 4.23. The van der Waals surface area contributed by atoms with Gasteiger partial charge in [0.05, 0.1) is 0 Å². The van der Waals surface area contributed by atoms with Gasteiger partial charge in [0.25, 0.3) is 11.8 Å². The van der Waals surface area contributed by atoms with Gasteiger partial charge in [-0.15, -0.1) is 0 Å². The van der Waals surface area contributed by atoms with E-state index >= 15 is 0 Å². The minimum absolute atomic E-state index is 0.167. The van der Waals surface area contributed by atoms with Crippen molar-refractivity contribution in [2.24, 2.45) is 0 Å². The van der Waals surface area contributed by atoms with E-state index in [-0.39, 0.29) is 17.5 Å². The van der Waals surface area contributed by atoms with Crippen LogP contribution in [-0.4, -0.2) is 11.8 Å². The van der Waals surface area contributed by atoms with Gasteiger partial charge >= 0.3 is 0 Å². The van der Waals surface area contributed by atoms with Gasteiger partial charge in [-0.2, -0.15) is 0 Å². The van der Waals surface area contributed by atoms with Crippen molar-refractivity contribution in [1.29, 1.82) is 0 Å². The molecule has 0 aliphatic carbocycles. The Hall–Kier alpha value is -3.18. The van der Waals surface area contributed by atoms with E-state index in [9.17, 15) is 9.59 Å². The molecule has 3 aromatic rings. The van der Waals surface area contributed by atoms with Crippen LogP contribution in [0, 0.1) is 13.8 Å². The molecule has 0 aliphatic heterocycles. The van der Waals surface area contributed by atoms with Crippen LogP contribution in [-0.2, 0) is 4.79 Å². The van der Waals surface area contributed by atoms with E-state index in [1.54, 1.807) is 18.2 Å². The topological polar surface area (TPSA) is 58.2 Å². The zero-order chi connectivity index (χ0) is 20.8. The number of rotatable bonds is 5. The summed E-state index contributed by atoms with van der Waals surface area (Å²) in [5, 5.41) is 5.61. The largest absolute Gasteiger partial charge is 0.321 e. The van der Waals surface area contributed by atoms with Crippen molar-refractivity contribution < 1.29 is 9.59 Å². The second-order valence-electron chi connectivity index (χ2n) is 6.76. The molecule has 0 unspecified atom stereocenters. The normalized spacial score (nSPS) is 11.1. The molecule has 0 atom stereocenters. The van der Waals surface area contributed by atoms with Crippen LogP contribution >= 0.6 is 15.9 Å². The Kier molecular flexibility index (Phi) is 6.62. The van der Waals surface area contributed by atoms with Gasteiger partial charge in [-0.1, -0.05) is 57.9 Å². The number of amides is 2. The molecule has 0 spiro atoms. The summed E-state index contributed by atoms with van der Waals surface area (Å²) in [7, 11) is 0. The number of aryl methyl sites for hydroxylation is 2. The van der Waals surface area contributed by atoms with Crippen LogP contribution in [0.1, 0.15) is 27.0 Å². The molecule has 0 saturated carbocycles. The van der Waals surface area contributed by atoms with E-state index in [1.807, 2.05) is 74.5 Å². The summed E-state index contributed by atoms with van der Waals surface area (Å²) in [6.45, 7) is 3.87. The number of hydrogen-bond acceptors (Lipinski definition) is 2. The molecular weight excluding hydrogens is 428 g/mol. The minimum Gasteiger partial charge on any atom is -0.321 e. The molecule has 0 aliphatic rings. The number of hydrogen-bond donors (Lipinski definition) is 2. The fraction of sp³-hybridized carbons (Fsp3) is 0.0833. The zero-order valence-corrected chi connectivity index (χ0v) is 17.8. The Labute approximate surface area is 178 Å². The van der Waals surface area contributed by atoms with Crippen molar-refractivity contribution in [2.75, 3.05) is 5.32 Å². The maximum atomic E-state index is 12.9. The quantitative estimate of drug-likeness (QED) is 0.507. The number of carbonyl (C=O) groups excluding carboxylic acids is 2. The lowest BCUT2D eigenvalue weighted by Gasteiger charge is -2.12. The summed E-state index contributed by atoms with van der Waals surface area (Å²) in [6, 6.07) is 22.2. The van der Waals surface area contributed by atoms with Gasteiger partial charge < -0.3 is 10.6 Å². The lowest BCUT2D eigenvalue weighted by molar-refractivity contribution is -0.113. The van der Waals surface area contributed by atoms with Crippen molar-refractivity contribution in [1.82, 2.24) is 5.32 Å². The summed E-state index contributed by atoms with van der Waals surface area (Å²) < 4.78 is 0.934. The number of carbonyl (C=O) groups is 2. The van der Waals surface area contributed by atoms with Crippen LogP contribution in [0.4, 0.5) is 5.69 Å². The summed E-state index contributed by atoms with van der Waals surface area (Å²) in [4.78, 5) is 25.6. The Bertz CT molecular complexity index is 1070. The average Bonchev–Trinajstić information content (AvgIpc) is 2.69. The van der Waals surface area contributed by atoms with Crippen LogP contribution in [0.3, 0.4) is 0 Å². The molecule has 0 heterocycles. The molecule has 3 aromatic carbocycles. The van der Waals surface area contributed by atoms with E-state index in [0.29, 0.717) is 11.3 Å². The molecular formula is C24H21BrN2O2. The second kappa shape index (κ2) is 9.34. The SMILES string of the molecule is Cc1cccc(NC(=O)/C(=C\c2ccc(Br)cc2)NC(=O)c2cccc(C)c2)c1. The van der Waals surface area contributed by atoms with E-state index in [2.05, 4.69) is 26.6 Å². The summed E-state index contributed by atoms with van der Waals surface area (Å²) in [5.41, 5.74) is 4.13. The molecule has 0 fully saturated rings. The van der Waals surface area contributed by atoms with Gasteiger partial charge in [0.15, 0.2) is 0 Å². The molecule has 29 heavy (non-hydrogen) atoms. The fourth-order valence-electron chi connectivity index (χ4n) is 2.79. The van der Waals surface area contributed by atoms with Crippen molar-refractivity contribution >= 4 is 39.5 Å². The molecule has 5 heteroatoms. The van der Waals surface area contributed by atoms with Crippen LogP contribution in [0.15, 0.2) is 83.0 Å². The Morgan fingerprint density at radius 1 is 0.862 bits per heavy atom. The first-order chi connectivity index (χ1) is 13.9. The van der Waals surface area contributed by atoms with Gasteiger partial charge in [-0.25, -0.2) is 0 Å². The van der Waals surface area contributed by atoms with Gasteiger partial charge in [0.1, 0.15) is 5.70 Å². The first kappa shape index (κ1) is 20.6. The van der Waals surface area contributed by atoms with Crippen LogP contribution in [0.2, 0.25) is 0 Å². The molecule has 0 bridgehead atoms. The molecule has 146 valence electrons. The molecule has 0 aromatic heterocycles. The first-order valence-electron chi connectivity index (χ1n) is 9.14. The third kappa shape index (κ3) is 5.90. The molecule has 0 saturated heterocycles. The standard InChI is InChI=1S/C24H21BrN2O2/c1-16-5-3-7-19(13-16)23(28)27-22(15-18-9-11-20(25)12-10-18)24(29)26-21-8-4-6-17(2)14-21/h3-15H,1-2H3,(H,26,29)(H,27,28)/b22-15+. The maximum absolute atomic E-state index is 12.9. The third-order valence-corrected chi connectivity index (χ3v) is 4.76. The highest BCUT2D eigenvalue weighted by Gasteiger charge is 2.15. The van der Waals surface area contributed by atoms with Gasteiger partial charge in [0.2, 0.25) is 0 Å². The fourth-order valence-corrected chi connectivity index (χ4v) is 3.05. The molecule has 4 nitrogen and oxygen atoms in total. The lowest BCUT2D eigenvalue weighted by Crippen LogP contribution is -2.30. The molecule has 2 N–H and O–H groups in total. The highest BCUT2D eigenvalue weighted by Crippen LogP contribution is 2.15. The number of halogens is 1. The van der Waals surface area contributed by atoms with Crippen LogP contribution in [0.25, 0.3) is 6.08 Å². The van der Waals surface area contributed by atoms with Gasteiger partial charge in [-0.3, -0.25) is 9.59 Å². The average molecular weight is 449 g/mol. The van der Waals surface area contributed by atoms with E-state index in [0.717, 1.165) is 21.2 Å². The molecule has 3 rings (SSSR count). The minimum atomic E-state index is -0.389. The Balaban J connectivity index is 1.89. The summed E-state index contributed by atoms with van der Waals surface area (Å²) in [6.07, 6.45) is 1.66. The number of anilines is 1. The monoisotopic (exact) mass is 448 g/mol. The molecule has 2 amide bonds. The zero-order valence-electron chi connectivity index (χ0n) is 16.2. The number of benzene rings is 3. The van der Waals surface area contributed by atoms with Gasteiger partial charge in [-0.05, 0) is 67.4 Å². The second-order valence-corrected chi connectivity index (χ2v) is 7.67. The van der Waals surface area contributed by atoms with E-state index in [1.165, 1.54) is 0 Å². The van der Waals surface area contributed by atoms with Crippen molar-refractivity contribution in [2.45, 2.75) is 13.8 Å². The summed E-state index contributed by atoms with van der Waals surface area (Å²) >= 11 is 3.40.